The van der Waals surface area contributed by atoms with E-state index in [4.69, 9.17) is 35.5 Å². The number of carbonyl (C=O) groups is 3. The Kier molecular flexibility index (Phi) is 18.7. The average molecular weight is 949 g/mol. The number of aromatic nitrogens is 4. The molecule has 1 saturated heterocycles. The lowest BCUT2D eigenvalue weighted by Crippen LogP contribution is -2.46. The number of ether oxygens (including phenoxy) is 1. The number of nitrogens with two attached hydrogens (primary N) is 2. The normalized spacial score (nSPS) is 21.0. The number of imidazole rings is 1. The maximum absolute atomic E-state index is 12.6. The van der Waals surface area contributed by atoms with Crippen molar-refractivity contribution in [3.8, 4) is 5.75 Å². The van der Waals surface area contributed by atoms with Gasteiger partial charge in [-0.15, -0.1) is 0 Å². The maximum Gasteiger partial charge on any atom is 0.481 e. The minimum Gasteiger partial charge on any atom is -0.508 e. The summed E-state index contributed by atoms with van der Waals surface area (Å²) in [6, 6.07) is 5.42. The van der Waals surface area contributed by atoms with Gasteiger partial charge in [0.05, 0.1) is 19.5 Å². The molecular weight excluding hydrogens is 901 g/mol. The third kappa shape index (κ3) is 16.2. The molecule has 342 valence electrons. The number of amides is 2. The van der Waals surface area contributed by atoms with Gasteiger partial charge < -0.3 is 66.8 Å². The van der Waals surface area contributed by atoms with Crippen LogP contribution >= 0.6 is 36.1 Å². The number of carboxylic acids is 1. The van der Waals surface area contributed by atoms with Gasteiger partial charge in [0.15, 0.2) is 17.7 Å². The number of phenols is 1. The van der Waals surface area contributed by atoms with Crippen molar-refractivity contribution in [1.82, 2.24) is 30.2 Å². The summed E-state index contributed by atoms with van der Waals surface area (Å²) in [7, 11) is -16.3. The van der Waals surface area contributed by atoms with Gasteiger partial charge in [-0.3, -0.25) is 32.5 Å². The lowest BCUT2D eigenvalue weighted by Gasteiger charge is -2.30. The van der Waals surface area contributed by atoms with E-state index < -0.39 is 90.7 Å². The summed E-state index contributed by atoms with van der Waals surface area (Å²) in [6.45, 7) is 0.723. The zero-order valence-corrected chi connectivity index (χ0v) is 35.8. The van der Waals surface area contributed by atoms with Crippen LogP contribution in [0.3, 0.4) is 0 Å². The number of nitrogens with one attached hydrogen (secondary N) is 2. The summed E-state index contributed by atoms with van der Waals surface area (Å²) in [4.78, 5) is 85.0. The lowest BCUT2D eigenvalue weighted by atomic mass is 9.87. The van der Waals surface area contributed by atoms with Gasteiger partial charge >= 0.3 is 29.4 Å². The molecule has 14 N–H and O–H groups in total. The van der Waals surface area contributed by atoms with Crippen molar-refractivity contribution in [1.29, 1.82) is 0 Å². The van der Waals surface area contributed by atoms with E-state index in [0.717, 1.165) is 22.8 Å². The standard InChI is InChI=1S/C21H36N7O16P3S.C9H11NO3/c1-21(2,16(31)19(32)24-4-3-12(29)23-5-6-48)8-41-47(38,39)44-46(36,37)40-7-11-15(43-45(33,34)35)14(30)20(42-11)28-10-27-13-17(22)25-9-26-18(13)28;10-8(9(12)13)5-6-1-3-7(11)4-2-6/h9-11,14-16,20,30-31,48H,3-8H2,1-2H3,(H,23,29)(H,24,32)(H,36,37)(H,38,39)(H2,22,25,26)(H2,33,34,35);1-4,8,11H,5,10H2,(H,12,13)/t11-,14-,15-,16+,20-;8-/m10/s1. The molecule has 1 aromatic carbocycles. The average Bonchev–Trinajstić information content (AvgIpc) is 3.73. The monoisotopic (exact) mass is 948 g/mol. The highest BCUT2D eigenvalue weighted by molar-refractivity contribution is 7.80. The fourth-order valence-corrected chi connectivity index (χ4v) is 8.05. The van der Waals surface area contributed by atoms with Crippen LogP contribution in [0, 0.1) is 5.41 Å². The number of phenolic OH excluding ortho intramolecular Hbond substituents is 1. The number of phosphoric ester groups is 3. The van der Waals surface area contributed by atoms with Gasteiger partial charge in [-0.25, -0.2) is 28.6 Å². The number of aliphatic hydroxyl groups is 2. The van der Waals surface area contributed by atoms with Crippen LogP contribution in [0.25, 0.3) is 11.2 Å². The number of phosphoric acid groups is 3. The highest BCUT2D eigenvalue weighted by atomic mass is 32.1. The van der Waals surface area contributed by atoms with E-state index in [1.165, 1.54) is 26.0 Å². The van der Waals surface area contributed by atoms with Gasteiger partial charge in [0.2, 0.25) is 11.8 Å². The van der Waals surface area contributed by atoms with Crippen molar-refractivity contribution in [2.45, 2.75) is 63.4 Å². The maximum atomic E-state index is 12.6. The molecule has 0 aliphatic carbocycles. The molecule has 0 saturated carbocycles. The zero-order valence-electron chi connectivity index (χ0n) is 32.2. The summed E-state index contributed by atoms with van der Waals surface area (Å²) in [5.41, 5.74) is 10.4. The largest absolute Gasteiger partial charge is 0.508 e. The minimum absolute atomic E-state index is 0.0363. The predicted molar refractivity (Wildman–Crippen MR) is 211 cm³/mol. The molecule has 2 unspecified atom stereocenters. The zero-order chi connectivity index (χ0) is 45.9. The van der Waals surface area contributed by atoms with Crippen LogP contribution in [0.4, 0.5) is 5.82 Å². The van der Waals surface area contributed by atoms with Crippen LogP contribution in [0.15, 0.2) is 36.9 Å². The molecule has 31 heteroatoms. The number of carbonyl (C=O) groups excluding carboxylic acids is 2. The molecule has 3 aromatic rings. The Hall–Kier alpha value is -3.66. The third-order valence-electron chi connectivity index (χ3n) is 8.22. The van der Waals surface area contributed by atoms with Crippen LogP contribution in [-0.4, -0.2) is 140 Å². The molecule has 2 aromatic heterocycles. The van der Waals surface area contributed by atoms with Crippen molar-refractivity contribution in [3.05, 3.63) is 42.5 Å². The number of thiol groups is 1. The van der Waals surface area contributed by atoms with Gasteiger partial charge in [0.1, 0.15) is 48.1 Å². The van der Waals surface area contributed by atoms with Crippen molar-refractivity contribution in [2.24, 2.45) is 11.1 Å². The molecule has 3 heterocycles. The number of nitrogen functional groups attached to an aromatic ring is 1. The Morgan fingerprint density at radius 1 is 1.02 bits per heavy atom. The number of aliphatic carboxylic acids is 1. The number of hydrogen-bond acceptors (Lipinski definition) is 20. The molecule has 2 amide bonds. The first-order valence-corrected chi connectivity index (χ1v) is 22.7. The topological polar surface area (TPSA) is 430 Å². The Morgan fingerprint density at radius 3 is 2.26 bits per heavy atom. The number of rotatable bonds is 21. The highest BCUT2D eigenvalue weighted by Gasteiger charge is 2.50. The van der Waals surface area contributed by atoms with E-state index in [-0.39, 0.29) is 48.0 Å². The summed E-state index contributed by atoms with van der Waals surface area (Å²) >= 11 is 3.95. The quantitative estimate of drug-likeness (QED) is 0.0435. The number of carboxylic acid groups (broad SMARTS) is 1. The van der Waals surface area contributed by atoms with Crippen molar-refractivity contribution in [2.75, 3.05) is 37.8 Å². The van der Waals surface area contributed by atoms with Crippen LogP contribution in [0.2, 0.25) is 0 Å². The summed E-state index contributed by atoms with van der Waals surface area (Å²) < 4.78 is 61.7. The van der Waals surface area contributed by atoms with Crippen LogP contribution in [0.1, 0.15) is 32.1 Å². The van der Waals surface area contributed by atoms with E-state index in [2.05, 4.69) is 47.0 Å². The molecule has 1 aliphatic heterocycles. The minimum atomic E-state index is -5.54. The van der Waals surface area contributed by atoms with Gasteiger partial charge in [-0.2, -0.15) is 16.9 Å². The van der Waals surface area contributed by atoms with Crippen molar-refractivity contribution < 1.29 is 90.7 Å². The SMILES string of the molecule is CC(C)(COP(=O)(O)OP(=O)(O)OC[C@H]1O[C@@H](n2cnc3c(N)ncnc32)[C@H](O)[C@@H]1OP(=O)(O)O)[C@@H](O)C(=O)NCCC(=O)NCCS.N[C@@H](Cc1ccc(O)cc1)C(=O)O. The molecule has 1 fully saturated rings. The van der Waals surface area contributed by atoms with Gasteiger partial charge in [0, 0.05) is 30.7 Å². The Morgan fingerprint density at radius 2 is 1.66 bits per heavy atom. The molecule has 0 bridgehead atoms. The molecule has 61 heavy (non-hydrogen) atoms. The Bertz CT molecular complexity index is 2110. The van der Waals surface area contributed by atoms with E-state index in [1.54, 1.807) is 12.1 Å². The second kappa shape index (κ2) is 22.1. The molecule has 0 spiro atoms. The Labute approximate surface area is 351 Å². The number of aromatic hydroxyl groups is 1. The van der Waals surface area contributed by atoms with Crippen LogP contribution < -0.4 is 22.1 Å². The summed E-state index contributed by atoms with van der Waals surface area (Å²) in [6.07, 6.45) is -6.47. The molecule has 8 atom stereocenters. The van der Waals surface area contributed by atoms with Crippen molar-refractivity contribution in [3.63, 3.8) is 0 Å². The van der Waals surface area contributed by atoms with E-state index in [9.17, 15) is 57.9 Å². The summed E-state index contributed by atoms with van der Waals surface area (Å²) in [5.74, 6) is -1.80. The molecular formula is C30H47N8O19P3S. The van der Waals surface area contributed by atoms with Gasteiger partial charge in [-0.1, -0.05) is 26.0 Å². The molecule has 0 radical (unpaired) electrons. The first-order valence-electron chi connectivity index (χ1n) is 17.5. The second-order valence-electron chi connectivity index (χ2n) is 13.6. The fraction of sp³-hybridized carbons (Fsp3) is 0.533. The van der Waals surface area contributed by atoms with Gasteiger partial charge in [0.25, 0.3) is 0 Å². The number of benzene rings is 1. The van der Waals surface area contributed by atoms with Crippen molar-refractivity contribution >= 4 is 70.9 Å². The Balaban J connectivity index is 0.000000648. The summed E-state index contributed by atoms with van der Waals surface area (Å²) in [5, 5.41) is 43.6. The number of anilines is 1. The third-order valence-corrected chi connectivity index (χ3v) is 11.5. The predicted octanol–water partition coefficient (Wildman–Crippen LogP) is -1.32. The van der Waals surface area contributed by atoms with E-state index in [1.807, 2.05) is 0 Å². The van der Waals surface area contributed by atoms with Crippen LogP contribution in [-0.2, 0) is 57.1 Å². The fourth-order valence-electron chi connectivity index (χ4n) is 5.11. The number of fused-ring (bicyclic) bond motifs is 1. The highest BCUT2D eigenvalue weighted by Crippen LogP contribution is 2.61. The lowest BCUT2D eigenvalue weighted by molar-refractivity contribution is -0.138. The number of aliphatic hydroxyl groups excluding tert-OH is 2. The first kappa shape index (κ1) is 51.7. The molecule has 27 nitrogen and oxygen atoms in total. The molecule has 1 aliphatic rings. The number of hydrogen-bond donors (Lipinski definition) is 13. The molecule has 4 rings (SSSR count). The van der Waals surface area contributed by atoms with Gasteiger partial charge in [-0.05, 0) is 24.1 Å². The first-order chi connectivity index (χ1) is 28.3. The van der Waals surface area contributed by atoms with Crippen LogP contribution in [0.5, 0.6) is 5.75 Å². The smallest absolute Gasteiger partial charge is 0.481 e. The van der Waals surface area contributed by atoms with E-state index >= 15 is 0 Å². The van der Waals surface area contributed by atoms with E-state index in [0.29, 0.717) is 12.3 Å². The second-order valence-corrected chi connectivity index (χ2v) is 18.3. The number of nitrogens with zero attached hydrogens (tertiary/aromatic N) is 4.